The largest absolute Gasteiger partial charge is 0.480 e. The molecular weight excluding hydrogens is 332 g/mol. The van der Waals surface area contributed by atoms with Crippen molar-refractivity contribution in [2.75, 3.05) is 11.3 Å². The lowest BCUT2D eigenvalue weighted by molar-refractivity contribution is -0.135. The minimum absolute atomic E-state index is 0.0365. The molecule has 7 nitrogen and oxygen atoms in total. The van der Waals surface area contributed by atoms with Crippen LogP contribution in [0, 0.1) is 6.92 Å². The van der Waals surface area contributed by atoms with Gasteiger partial charge >= 0.3 is 5.97 Å². The van der Waals surface area contributed by atoms with Gasteiger partial charge in [0.05, 0.1) is 16.1 Å². The van der Waals surface area contributed by atoms with Gasteiger partial charge in [-0.2, -0.15) is 0 Å². The van der Waals surface area contributed by atoms with Gasteiger partial charge in [-0.25, -0.2) is 8.42 Å². The van der Waals surface area contributed by atoms with Gasteiger partial charge in [0.15, 0.2) is 0 Å². The summed E-state index contributed by atoms with van der Waals surface area (Å²) in [6.07, 6.45) is 0. The molecule has 0 spiro atoms. The molecule has 0 radical (unpaired) electrons. The number of nitrogens with one attached hydrogen (secondary N) is 2. The standard InChI is InChI=1S/C16H16N2O5S/c1-11-6-8-12(9-7-11)24(22,23)18-14-5-3-2-4-13(14)16(21)17-10-15(19)20/h2-9,18H,10H2,1H3,(H,17,21)(H,19,20). The first-order chi connectivity index (χ1) is 11.3. The summed E-state index contributed by atoms with van der Waals surface area (Å²) in [6.45, 7) is 1.28. The number of sulfonamides is 1. The number of carbonyl (C=O) groups is 2. The van der Waals surface area contributed by atoms with Crippen molar-refractivity contribution in [3.8, 4) is 0 Å². The van der Waals surface area contributed by atoms with E-state index in [1.54, 1.807) is 24.3 Å². The molecule has 2 aromatic carbocycles. The lowest BCUT2D eigenvalue weighted by Gasteiger charge is -2.12. The van der Waals surface area contributed by atoms with E-state index in [-0.39, 0.29) is 16.1 Å². The lowest BCUT2D eigenvalue weighted by atomic mass is 10.1. The van der Waals surface area contributed by atoms with Crippen molar-refractivity contribution in [1.29, 1.82) is 0 Å². The van der Waals surface area contributed by atoms with Crippen LogP contribution in [0.3, 0.4) is 0 Å². The fourth-order valence-electron chi connectivity index (χ4n) is 1.94. The van der Waals surface area contributed by atoms with Crippen LogP contribution in [0.4, 0.5) is 5.69 Å². The number of anilines is 1. The molecule has 0 atom stereocenters. The molecule has 1 amide bonds. The predicted octanol–water partition coefficient (Wildman–Crippen LogP) is 1.61. The zero-order chi connectivity index (χ0) is 17.7. The van der Waals surface area contributed by atoms with E-state index in [0.717, 1.165) is 5.56 Å². The topological polar surface area (TPSA) is 113 Å². The van der Waals surface area contributed by atoms with Crippen molar-refractivity contribution < 1.29 is 23.1 Å². The van der Waals surface area contributed by atoms with Crippen LogP contribution < -0.4 is 10.0 Å². The van der Waals surface area contributed by atoms with E-state index in [1.807, 2.05) is 6.92 Å². The molecule has 0 bridgehead atoms. The quantitative estimate of drug-likeness (QED) is 0.734. The molecule has 8 heteroatoms. The van der Waals surface area contributed by atoms with Gasteiger partial charge in [-0.15, -0.1) is 0 Å². The highest BCUT2D eigenvalue weighted by molar-refractivity contribution is 7.92. The van der Waals surface area contributed by atoms with Gasteiger partial charge in [0.2, 0.25) is 0 Å². The van der Waals surface area contributed by atoms with Crippen LogP contribution >= 0.6 is 0 Å². The third-order valence-corrected chi connectivity index (χ3v) is 4.53. The summed E-state index contributed by atoms with van der Waals surface area (Å²) < 4.78 is 27.2. The summed E-state index contributed by atoms with van der Waals surface area (Å²) in [5.41, 5.74) is 1.03. The molecule has 0 aromatic heterocycles. The molecule has 0 aliphatic heterocycles. The first kappa shape index (κ1) is 17.5. The molecule has 0 fully saturated rings. The number of hydrogen-bond donors (Lipinski definition) is 3. The Balaban J connectivity index is 2.28. The number of carboxylic acid groups (broad SMARTS) is 1. The Morgan fingerprint density at radius 1 is 1.04 bits per heavy atom. The maximum absolute atomic E-state index is 12.4. The van der Waals surface area contributed by atoms with Crippen LogP contribution in [-0.4, -0.2) is 31.9 Å². The highest BCUT2D eigenvalue weighted by Gasteiger charge is 2.18. The number of para-hydroxylation sites is 1. The third-order valence-electron chi connectivity index (χ3n) is 3.15. The van der Waals surface area contributed by atoms with Gasteiger partial charge in [-0.3, -0.25) is 14.3 Å². The molecule has 0 heterocycles. The van der Waals surface area contributed by atoms with Crippen LogP contribution in [-0.2, 0) is 14.8 Å². The van der Waals surface area contributed by atoms with Gasteiger partial charge in [0.1, 0.15) is 6.54 Å². The number of aryl methyl sites for hydroxylation is 1. The minimum atomic E-state index is -3.86. The molecular formula is C16H16N2O5S. The predicted molar refractivity (Wildman–Crippen MR) is 88.4 cm³/mol. The molecule has 3 N–H and O–H groups in total. The van der Waals surface area contributed by atoms with E-state index >= 15 is 0 Å². The normalized spacial score (nSPS) is 10.9. The van der Waals surface area contributed by atoms with E-state index in [0.29, 0.717) is 0 Å². The number of carbonyl (C=O) groups excluding carboxylic acids is 1. The van der Waals surface area contributed by atoms with Gasteiger partial charge in [0, 0.05) is 0 Å². The second kappa shape index (κ2) is 7.14. The van der Waals surface area contributed by atoms with E-state index in [1.165, 1.54) is 24.3 Å². The monoisotopic (exact) mass is 348 g/mol. The Morgan fingerprint density at radius 3 is 2.29 bits per heavy atom. The van der Waals surface area contributed by atoms with Gasteiger partial charge in [-0.1, -0.05) is 29.8 Å². The lowest BCUT2D eigenvalue weighted by Crippen LogP contribution is -2.30. The SMILES string of the molecule is Cc1ccc(S(=O)(=O)Nc2ccccc2C(=O)NCC(=O)O)cc1. The van der Waals surface area contributed by atoms with Crippen LogP contribution in [0.25, 0.3) is 0 Å². The van der Waals surface area contributed by atoms with Crippen molar-refractivity contribution in [3.05, 3.63) is 59.7 Å². The first-order valence-corrected chi connectivity index (χ1v) is 8.46. The summed E-state index contributed by atoms with van der Waals surface area (Å²) in [7, 11) is -3.86. The van der Waals surface area contributed by atoms with Crippen LogP contribution in [0.1, 0.15) is 15.9 Å². The van der Waals surface area contributed by atoms with Crippen molar-refractivity contribution in [2.24, 2.45) is 0 Å². The van der Waals surface area contributed by atoms with Crippen molar-refractivity contribution >= 4 is 27.6 Å². The molecule has 0 aliphatic rings. The van der Waals surface area contributed by atoms with Gasteiger partial charge in [0.25, 0.3) is 15.9 Å². The highest BCUT2D eigenvalue weighted by Crippen LogP contribution is 2.20. The number of carboxylic acids is 1. The molecule has 2 rings (SSSR count). The Hall–Kier alpha value is -2.87. The molecule has 0 unspecified atom stereocenters. The molecule has 126 valence electrons. The van der Waals surface area contributed by atoms with E-state index in [2.05, 4.69) is 10.0 Å². The molecule has 0 saturated heterocycles. The smallest absolute Gasteiger partial charge is 0.322 e. The zero-order valence-corrected chi connectivity index (χ0v) is 13.6. The first-order valence-electron chi connectivity index (χ1n) is 6.98. The fraction of sp³-hybridized carbons (Fsp3) is 0.125. The third kappa shape index (κ3) is 4.32. The van der Waals surface area contributed by atoms with Crippen LogP contribution in [0.2, 0.25) is 0 Å². The summed E-state index contributed by atoms with van der Waals surface area (Å²) >= 11 is 0. The number of benzene rings is 2. The summed E-state index contributed by atoms with van der Waals surface area (Å²) in [5.74, 6) is -1.87. The van der Waals surface area contributed by atoms with Crippen molar-refractivity contribution in [2.45, 2.75) is 11.8 Å². The van der Waals surface area contributed by atoms with E-state index in [4.69, 9.17) is 5.11 Å². The van der Waals surface area contributed by atoms with E-state index < -0.39 is 28.4 Å². The number of amides is 1. The Labute approximate surface area is 139 Å². The molecule has 24 heavy (non-hydrogen) atoms. The van der Waals surface area contributed by atoms with Gasteiger partial charge in [-0.05, 0) is 31.2 Å². The van der Waals surface area contributed by atoms with Crippen molar-refractivity contribution in [3.63, 3.8) is 0 Å². The molecule has 0 saturated carbocycles. The van der Waals surface area contributed by atoms with Gasteiger partial charge < -0.3 is 10.4 Å². The zero-order valence-electron chi connectivity index (χ0n) is 12.8. The van der Waals surface area contributed by atoms with Crippen LogP contribution in [0.15, 0.2) is 53.4 Å². The molecule has 2 aromatic rings. The van der Waals surface area contributed by atoms with E-state index in [9.17, 15) is 18.0 Å². The maximum Gasteiger partial charge on any atom is 0.322 e. The van der Waals surface area contributed by atoms with Crippen molar-refractivity contribution in [1.82, 2.24) is 5.32 Å². The Morgan fingerprint density at radius 2 is 1.67 bits per heavy atom. The Kier molecular flexibility index (Phi) is 5.20. The minimum Gasteiger partial charge on any atom is -0.480 e. The average Bonchev–Trinajstić information content (AvgIpc) is 2.53. The average molecular weight is 348 g/mol. The highest BCUT2D eigenvalue weighted by atomic mass is 32.2. The molecule has 0 aliphatic carbocycles. The number of rotatable bonds is 6. The summed E-state index contributed by atoms with van der Waals surface area (Å²) in [4.78, 5) is 22.6. The maximum atomic E-state index is 12.4. The second-order valence-corrected chi connectivity index (χ2v) is 6.72. The number of hydrogen-bond acceptors (Lipinski definition) is 4. The Bertz CT molecular complexity index is 860. The fourth-order valence-corrected chi connectivity index (χ4v) is 3.02. The second-order valence-electron chi connectivity index (χ2n) is 5.04. The summed E-state index contributed by atoms with van der Waals surface area (Å²) in [5, 5.41) is 10.8. The van der Waals surface area contributed by atoms with Crippen LogP contribution in [0.5, 0.6) is 0 Å². The summed E-state index contributed by atoms with van der Waals surface area (Å²) in [6, 6.07) is 12.2. The number of aliphatic carboxylic acids is 1.